The summed E-state index contributed by atoms with van der Waals surface area (Å²) in [5.41, 5.74) is 2.19. The molecule has 2 aromatic rings. The lowest BCUT2D eigenvalue weighted by Crippen LogP contribution is -2.22. The first-order valence-corrected chi connectivity index (χ1v) is 7.81. The van der Waals surface area contributed by atoms with E-state index >= 15 is 0 Å². The molecular weight excluding hydrogens is 302 g/mol. The molecule has 2 N–H and O–H groups in total. The summed E-state index contributed by atoms with van der Waals surface area (Å²) in [4.78, 5) is 27.6. The lowest BCUT2D eigenvalue weighted by atomic mass is 10.2. The topological polar surface area (TPSA) is 71.1 Å². The molecule has 0 atom stereocenters. The molecule has 2 rings (SSSR count). The molecule has 0 saturated carbocycles. The average molecular weight is 323 g/mol. The highest BCUT2D eigenvalue weighted by Gasteiger charge is 2.05. The molecule has 2 amide bonds. The molecule has 24 heavy (non-hydrogen) atoms. The summed E-state index contributed by atoms with van der Waals surface area (Å²) >= 11 is 0. The third-order valence-electron chi connectivity index (χ3n) is 3.23. The third kappa shape index (κ3) is 5.68. The summed E-state index contributed by atoms with van der Waals surface area (Å²) in [6.45, 7) is 4.44. The summed E-state index contributed by atoms with van der Waals surface area (Å²) < 4.78 is 0. The van der Waals surface area contributed by atoms with E-state index in [1.807, 2.05) is 44.2 Å². The Balaban J connectivity index is 1.86. The Morgan fingerprint density at radius 3 is 2.54 bits per heavy atom. The molecule has 0 aliphatic heterocycles. The van der Waals surface area contributed by atoms with E-state index in [1.54, 1.807) is 18.3 Å². The van der Waals surface area contributed by atoms with Gasteiger partial charge in [-0.2, -0.15) is 0 Å². The number of benzene rings is 1. The largest absolute Gasteiger partial charge is 0.348 e. The summed E-state index contributed by atoms with van der Waals surface area (Å²) in [5, 5.41) is 5.62. The maximum absolute atomic E-state index is 11.9. The van der Waals surface area contributed by atoms with Gasteiger partial charge in [0.1, 0.15) is 0 Å². The van der Waals surface area contributed by atoms with Crippen LogP contribution in [0.4, 0.5) is 5.69 Å². The van der Waals surface area contributed by atoms with Crippen molar-refractivity contribution in [2.45, 2.75) is 20.4 Å². The quantitative estimate of drug-likeness (QED) is 0.802. The summed E-state index contributed by atoms with van der Waals surface area (Å²) in [5.74, 6) is 0.0159. The zero-order valence-electron chi connectivity index (χ0n) is 13.8. The van der Waals surface area contributed by atoms with Crippen LogP contribution in [0.2, 0.25) is 0 Å². The van der Waals surface area contributed by atoms with E-state index in [0.717, 1.165) is 11.3 Å². The molecule has 0 bridgehead atoms. The van der Waals surface area contributed by atoms with Gasteiger partial charge in [0.2, 0.25) is 5.91 Å². The second-order valence-electron chi connectivity index (χ2n) is 5.71. The lowest BCUT2D eigenvalue weighted by Gasteiger charge is -2.07. The highest BCUT2D eigenvalue weighted by Crippen LogP contribution is 2.10. The van der Waals surface area contributed by atoms with E-state index in [1.165, 1.54) is 12.3 Å². The van der Waals surface area contributed by atoms with Crippen molar-refractivity contribution in [2.75, 3.05) is 5.32 Å². The second kappa shape index (κ2) is 8.62. The van der Waals surface area contributed by atoms with Crippen LogP contribution in [0.3, 0.4) is 0 Å². The summed E-state index contributed by atoms with van der Waals surface area (Å²) in [7, 11) is 0. The molecular formula is C19H21N3O2. The van der Waals surface area contributed by atoms with Gasteiger partial charge in [-0.05, 0) is 41.8 Å². The first-order valence-electron chi connectivity index (χ1n) is 7.81. The van der Waals surface area contributed by atoms with Gasteiger partial charge in [-0.15, -0.1) is 0 Å². The molecule has 0 aliphatic rings. The lowest BCUT2D eigenvalue weighted by molar-refractivity contribution is -0.111. The molecule has 0 saturated heterocycles. The van der Waals surface area contributed by atoms with Gasteiger partial charge in [0.25, 0.3) is 5.91 Å². The van der Waals surface area contributed by atoms with E-state index in [9.17, 15) is 9.59 Å². The second-order valence-corrected chi connectivity index (χ2v) is 5.71. The fourth-order valence-electron chi connectivity index (χ4n) is 1.95. The zero-order chi connectivity index (χ0) is 17.4. The van der Waals surface area contributed by atoms with E-state index in [-0.39, 0.29) is 11.8 Å². The molecule has 0 fully saturated rings. The molecule has 1 aromatic carbocycles. The number of aromatic nitrogens is 1. The van der Waals surface area contributed by atoms with Gasteiger partial charge < -0.3 is 10.6 Å². The fraction of sp³-hybridized carbons (Fsp3) is 0.211. The van der Waals surface area contributed by atoms with Gasteiger partial charge >= 0.3 is 0 Å². The first kappa shape index (κ1) is 17.4. The number of rotatable bonds is 6. The summed E-state index contributed by atoms with van der Waals surface area (Å²) in [6.07, 6.45) is 6.53. The fourth-order valence-corrected chi connectivity index (χ4v) is 1.95. The minimum Gasteiger partial charge on any atom is -0.348 e. The van der Waals surface area contributed by atoms with Crippen LogP contribution in [0.15, 0.2) is 60.9 Å². The Kier molecular flexibility index (Phi) is 6.25. The van der Waals surface area contributed by atoms with E-state index in [0.29, 0.717) is 18.0 Å². The Morgan fingerprint density at radius 1 is 1.17 bits per heavy atom. The smallest absolute Gasteiger partial charge is 0.253 e. The van der Waals surface area contributed by atoms with Crippen LogP contribution in [0, 0.1) is 5.92 Å². The van der Waals surface area contributed by atoms with Crippen LogP contribution in [-0.2, 0) is 11.3 Å². The maximum atomic E-state index is 11.9. The predicted octanol–water partition coefficient (Wildman–Crippen LogP) is 3.16. The van der Waals surface area contributed by atoms with Gasteiger partial charge in [0.15, 0.2) is 0 Å². The van der Waals surface area contributed by atoms with E-state index in [4.69, 9.17) is 0 Å². The molecule has 0 radical (unpaired) electrons. The zero-order valence-corrected chi connectivity index (χ0v) is 13.8. The minimum absolute atomic E-state index is 0.152. The normalized spacial score (nSPS) is 10.8. The number of hydrogen-bond donors (Lipinski definition) is 2. The van der Waals surface area contributed by atoms with Gasteiger partial charge in [-0.1, -0.05) is 32.1 Å². The van der Waals surface area contributed by atoms with Crippen molar-refractivity contribution in [3.05, 3.63) is 72.1 Å². The maximum Gasteiger partial charge on any atom is 0.253 e. The predicted molar refractivity (Wildman–Crippen MR) is 94.5 cm³/mol. The number of allylic oxidation sites excluding steroid dienone is 1. The number of nitrogens with one attached hydrogen (secondary N) is 2. The summed E-state index contributed by atoms with van der Waals surface area (Å²) in [6, 6.07) is 10.8. The van der Waals surface area contributed by atoms with Crippen LogP contribution >= 0.6 is 0 Å². The molecule has 0 aliphatic carbocycles. The Morgan fingerprint density at radius 2 is 1.92 bits per heavy atom. The molecule has 5 nitrogen and oxygen atoms in total. The van der Waals surface area contributed by atoms with Gasteiger partial charge in [-0.25, -0.2) is 0 Å². The number of carbonyl (C=O) groups is 2. The van der Waals surface area contributed by atoms with E-state index in [2.05, 4.69) is 15.6 Å². The minimum atomic E-state index is -0.167. The Labute approximate surface area is 141 Å². The van der Waals surface area contributed by atoms with Crippen molar-refractivity contribution in [2.24, 2.45) is 5.92 Å². The first-order chi connectivity index (χ1) is 11.5. The number of nitrogens with zero attached hydrogens (tertiary/aromatic N) is 1. The van der Waals surface area contributed by atoms with Crippen LogP contribution in [0.25, 0.3) is 0 Å². The number of amides is 2. The molecule has 5 heteroatoms. The van der Waals surface area contributed by atoms with Crippen molar-refractivity contribution < 1.29 is 9.59 Å². The van der Waals surface area contributed by atoms with Crippen molar-refractivity contribution in [1.82, 2.24) is 10.3 Å². The standard InChI is InChI=1S/C19H21N3O2/c1-14(2)5-10-18(23)22-17-8-6-15(7-9-17)12-21-19(24)16-4-3-11-20-13-16/h3-11,13-14H,12H2,1-2H3,(H,21,24)(H,22,23)/b10-5+. The van der Waals surface area contributed by atoms with Crippen LogP contribution in [-0.4, -0.2) is 16.8 Å². The molecule has 0 unspecified atom stereocenters. The number of anilines is 1. The van der Waals surface area contributed by atoms with Crippen molar-refractivity contribution in [3.63, 3.8) is 0 Å². The molecule has 1 heterocycles. The molecule has 0 spiro atoms. The van der Waals surface area contributed by atoms with Crippen molar-refractivity contribution >= 4 is 17.5 Å². The van der Waals surface area contributed by atoms with E-state index < -0.39 is 0 Å². The SMILES string of the molecule is CC(C)/C=C/C(=O)Nc1ccc(CNC(=O)c2cccnc2)cc1. The Bertz CT molecular complexity index is 707. The van der Waals surface area contributed by atoms with Crippen molar-refractivity contribution in [1.29, 1.82) is 0 Å². The monoisotopic (exact) mass is 323 g/mol. The molecule has 1 aromatic heterocycles. The highest BCUT2D eigenvalue weighted by molar-refractivity contribution is 5.99. The number of hydrogen-bond acceptors (Lipinski definition) is 3. The number of carbonyl (C=O) groups excluding carboxylic acids is 2. The van der Waals surface area contributed by atoms with Crippen LogP contribution < -0.4 is 10.6 Å². The third-order valence-corrected chi connectivity index (χ3v) is 3.23. The van der Waals surface area contributed by atoms with Crippen molar-refractivity contribution in [3.8, 4) is 0 Å². The Hall–Kier alpha value is -2.95. The highest BCUT2D eigenvalue weighted by atomic mass is 16.2. The van der Waals surface area contributed by atoms with Gasteiger partial charge in [0, 0.05) is 24.6 Å². The van der Waals surface area contributed by atoms with Gasteiger partial charge in [-0.3, -0.25) is 14.6 Å². The molecule has 124 valence electrons. The van der Waals surface area contributed by atoms with Crippen LogP contribution in [0.1, 0.15) is 29.8 Å². The number of pyridine rings is 1. The van der Waals surface area contributed by atoms with Gasteiger partial charge in [0.05, 0.1) is 5.56 Å². The van der Waals surface area contributed by atoms with Crippen LogP contribution in [0.5, 0.6) is 0 Å². The average Bonchev–Trinajstić information content (AvgIpc) is 2.60.